The second-order valence-electron chi connectivity index (χ2n) is 13.2. The van der Waals surface area contributed by atoms with Crippen molar-refractivity contribution >= 4 is 29.0 Å². The minimum absolute atomic E-state index is 0.00214. The zero-order valence-electron chi connectivity index (χ0n) is 25.2. The topological polar surface area (TPSA) is 164 Å². The van der Waals surface area contributed by atoms with Crippen LogP contribution in [0.2, 0.25) is 0 Å². The van der Waals surface area contributed by atoms with Gasteiger partial charge in [-0.25, -0.2) is 0 Å². The van der Waals surface area contributed by atoms with Crippen molar-refractivity contribution in [2.75, 3.05) is 21.2 Å². The Morgan fingerprint density at radius 2 is 1.75 bits per heavy atom. The third-order valence-corrected chi connectivity index (χ3v) is 10.5. The number of Topliss-reactive ketones (excluding diaryl/α,β-unsaturated/α-hetero) is 4. The van der Waals surface area contributed by atoms with Crippen molar-refractivity contribution in [2.45, 2.75) is 56.6 Å². The van der Waals surface area contributed by atoms with E-state index in [0.29, 0.717) is 22.8 Å². The van der Waals surface area contributed by atoms with E-state index in [4.69, 9.17) is 10.5 Å². The fraction of sp³-hybridized carbons (Fsp3) is 0.500. The molecule has 10 nitrogen and oxygen atoms in total. The van der Waals surface area contributed by atoms with E-state index in [1.807, 2.05) is 12.1 Å². The van der Waals surface area contributed by atoms with Gasteiger partial charge in [0.05, 0.1) is 24.6 Å². The zero-order chi connectivity index (χ0) is 31.7. The first-order valence-electron chi connectivity index (χ1n) is 15.3. The summed E-state index contributed by atoms with van der Waals surface area (Å²) in [5.74, 6) is -9.41. The number of likely N-dealkylation sites (N-methyl/N-ethyl adjacent to an activating group) is 1. The number of phenols is 1. The Morgan fingerprint density at radius 1 is 1.05 bits per heavy atom. The van der Waals surface area contributed by atoms with Gasteiger partial charge < -0.3 is 20.7 Å². The predicted octanol–water partition coefficient (Wildman–Crippen LogP) is 2.28. The molecular weight excluding hydrogens is 564 g/mol. The second-order valence-corrected chi connectivity index (χ2v) is 13.2. The number of benzene rings is 2. The molecule has 3 fully saturated rings. The van der Waals surface area contributed by atoms with Crippen LogP contribution in [-0.4, -0.2) is 77.0 Å². The summed E-state index contributed by atoms with van der Waals surface area (Å²) in [6, 6.07) is 8.03. The molecule has 6 rings (SSSR count). The van der Waals surface area contributed by atoms with E-state index < -0.39 is 64.4 Å². The first kappa shape index (κ1) is 30.1. The Labute approximate surface area is 255 Å². The van der Waals surface area contributed by atoms with Gasteiger partial charge in [0.25, 0.3) is 0 Å². The summed E-state index contributed by atoms with van der Waals surface area (Å²) in [5, 5.41) is 22.7. The third-order valence-electron chi connectivity index (χ3n) is 10.5. The first-order chi connectivity index (χ1) is 20.9. The summed E-state index contributed by atoms with van der Waals surface area (Å²) in [7, 11) is 4.70. The summed E-state index contributed by atoms with van der Waals surface area (Å²) >= 11 is 0. The van der Waals surface area contributed by atoms with Crippen LogP contribution in [0.25, 0.3) is 11.1 Å². The summed E-state index contributed by atoms with van der Waals surface area (Å²) < 4.78 is 5.72. The normalized spacial score (nSPS) is 30.2. The van der Waals surface area contributed by atoms with E-state index in [1.54, 1.807) is 27.3 Å². The molecule has 3 saturated carbocycles. The molecule has 4 aliphatic carbocycles. The Balaban J connectivity index is 1.45. The van der Waals surface area contributed by atoms with Crippen LogP contribution in [0, 0.1) is 29.6 Å². The molecule has 0 bridgehead atoms. The number of amides is 1. The standard InChI is InChI=1S/C34H38N2O8/c1-36(2)28-22-15-18-14-21-19(20-13-17(8-11-24(20)44-3)12-16-6-4-5-7-16)9-10-23(37)26(21)29(38)25(18)31(40)34(22,43)32(41)27(30(28)39)33(35)42/h8-11,13,16,18,22,25,27-28,37,43H,4-7,12,14-15H2,1-3H3,(H2,35,42)/t18-,22-,25?,27?,28-,34-/m0/s1. The number of ether oxygens (including phenoxy) is 1. The summed E-state index contributed by atoms with van der Waals surface area (Å²) in [4.78, 5) is 68.7. The minimum Gasteiger partial charge on any atom is -0.507 e. The van der Waals surface area contributed by atoms with Gasteiger partial charge in [0.15, 0.2) is 34.7 Å². The quantitative estimate of drug-likeness (QED) is 0.421. The number of hydrogen-bond acceptors (Lipinski definition) is 9. The Bertz CT molecular complexity index is 1590. The van der Waals surface area contributed by atoms with Crippen molar-refractivity contribution in [3.63, 3.8) is 0 Å². The highest BCUT2D eigenvalue weighted by Gasteiger charge is 2.69. The number of carbonyl (C=O) groups is 5. The molecule has 6 atom stereocenters. The first-order valence-corrected chi connectivity index (χ1v) is 15.3. The Morgan fingerprint density at radius 3 is 2.39 bits per heavy atom. The van der Waals surface area contributed by atoms with Crippen LogP contribution < -0.4 is 10.5 Å². The van der Waals surface area contributed by atoms with Gasteiger partial charge in [-0.1, -0.05) is 37.8 Å². The van der Waals surface area contributed by atoms with Crippen LogP contribution in [0.15, 0.2) is 30.3 Å². The Kier molecular flexibility index (Phi) is 7.49. The lowest BCUT2D eigenvalue weighted by molar-refractivity contribution is -0.181. The number of primary amides is 1. The monoisotopic (exact) mass is 602 g/mol. The molecule has 44 heavy (non-hydrogen) atoms. The molecular formula is C34H38N2O8. The van der Waals surface area contributed by atoms with E-state index in [0.717, 1.165) is 17.5 Å². The largest absolute Gasteiger partial charge is 0.507 e. The van der Waals surface area contributed by atoms with Gasteiger partial charge in [0, 0.05) is 11.5 Å². The highest BCUT2D eigenvalue weighted by Crippen LogP contribution is 2.52. The van der Waals surface area contributed by atoms with E-state index in [2.05, 4.69) is 6.07 Å². The molecule has 4 N–H and O–H groups in total. The van der Waals surface area contributed by atoms with Crippen molar-refractivity contribution < 1.29 is 38.9 Å². The second kappa shape index (κ2) is 10.9. The number of hydrogen-bond donors (Lipinski definition) is 3. The lowest BCUT2D eigenvalue weighted by Crippen LogP contribution is -2.74. The molecule has 4 aliphatic rings. The molecule has 0 saturated heterocycles. The molecule has 2 aromatic rings. The highest BCUT2D eigenvalue weighted by atomic mass is 16.5. The van der Waals surface area contributed by atoms with Crippen molar-refractivity contribution in [1.82, 2.24) is 4.90 Å². The maximum atomic E-state index is 14.1. The lowest BCUT2D eigenvalue weighted by Gasteiger charge is -2.52. The molecule has 232 valence electrons. The van der Waals surface area contributed by atoms with Gasteiger partial charge in [-0.2, -0.15) is 0 Å². The number of methoxy groups -OCH3 is 1. The van der Waals surface area contributed by atoms with Gasteiger partial charge in [-0.05, 0) is 80.1 Å². The van der Waals surface area contributed by atoms with Gasteiger partial charge in [-0.3, -0.25) is 28.9 Å². The van der Waals surface area contributed by atoms with E-state index >= 15 is 0 Å². The molecule has 0 spiro atoms. The number of phenolic OH excluding ortho intramolecular Hbond substituents is 1. The summed E-state index contributed by atoms with van der Waals surface area (Å²) in [5.41, 5.74) is 5.77. The molecule has 2 aromatic carbocycles. The van der Waals surface area contributed by atoms with Crippen LogP contribution in [0.4, 0.5) is 0 Å². The van der Waals surface area contributed by atoms with Crippen LogP contribution in [0.3, 0.4) is 0 Å². The molecule has 0 aliphatic heterocycles. The average Bonchev–Trinajstić information content (AvgIpc) is 3.48. The maximum Gasteiger partial charge on any atom is 0.235 e. The van der Waals surface area contributed by atoms with Crippen molar-refractivity contribution in [2.24, 2.45) is 35.3 Å². The molecule has 0 aromatic heterocycles. The molecule has 1 amide bonds. The Hall–Kier alpha value is -3.89. The number of nitrogens with zero attached hydrogens (tertiary/aromatic N) is 1. The number of fused-ring (bicyclic) bond motifs is 3. The van der Waals surface area contributed by atoms with Gasteiger partial charge in [-0.15, -0.1) is 0 Å². The number of rotatable bonds is 6. The average molecular weight is 603 g/mol. The van der Waals surface area contributed by atoms with E-state index in [1.165, 1.54) is 36.6 Å². The summed E-state index contributed by atoms with van der Waals surface area (Å²) in [6.07, 6.45) is 5.95. The smallest absolute Gasteiger partial charge is 0.235 e. The molecule has 0 radical (unpaired) electrons. The van der Waals surface area contributed by atoms with Crippen LogP contribution >= 0.6 is 0 Å². The van der Waals surface area contributed by atoms with Crippen LogP contribution in [0.5, 0.6) is 11.5 Å². The summed E-state index contributed by atoms with van der Waals surface area (Å²) in [6.45, 7) is 0. The molecule has 2 unspecified atom stereocenters. The number of carbonyl (C=O) groups excluding carboxylic acids is 5. The number of aliphatic hydroxyl groups is 1. The zero-order valence-corrected chi connectivity index (χ0v) is 25.2. The van der Waals surface area contributed by atoms with Gasteiger partial charge in [0.2, 0.25) is 5.91 Å². The fourth-order valence-electron chi connectivity index (χ4n) is 8.50. The number of aromatic hydroxyl groups is 1. The third kappa shape index (κ3) is 4.41. The predicted molar refractivity (Wildman–Crippen MR) is 159 cm³/mol. The van der Waals surface area contributed by atoms with Crippen molar-refractivity contribution in [1.29, 1.82) is 0 Å². The molecule has 10 heteroatoms. The van der Waals surface area contributed by atoms with Crippen LogP contribution in [0.1, 0.15) is 53.6 Å². The molecule has 0 heterocycles. The highest BCUT2D eigenvalue weighted by molar-refractivity contribution is 6.32. The maximum absolute atomic E-state index is 14.1. The van der Waals surface area contributed by atoms with E-state index in [-0.39, 0.29) is 24.2 Å². The fourth-order valence-corrected chi connectivity index (χ4v) is 8.50. The van der Waals surface area contributed by atoms with Crippen LogP contribution in [-0.2, 0) is 32.0 Å². The van der Waals surface area contributed by atoms with Gasteiger partial charge >= 0.3 is 0 Å². The lowest BCUT2D eigenvalue weighted by atomic mass is 9.52. The minimum atomic E-state index is -2.75. The number of ketones is 4. The van der Waals surface area contributed by atoms with Crippen molar-refractivity contribution in [3.05, 3.63) is 47.0 Å². The number of nitrogens with two attached hydrogens (primary N) is 1. The SMILES string of the molecule is COc1ccc(CC2CCCC2)cc1-c1ccc(O)c2c1C[C@H]1C[C@H]3[C@H](N(C)C)C(=O)C(C(N)=O)C(=O)[C@@]3(O)C(=O)C1C2=O. The van der Waals surface area contributed by atoms with Crippen molar-refractivity contribution in [3.8, 4) is 22.6 Å². The van der Waals surface area contributed by atoms with E-state index in [9.17, 15) is 34.2 Å². The van der Waals surface area contributed by atoms with Gasteiger partial charge in [0.1, 0.15) is 11.5 Å².